The molecule has 0 radical (unpaired) electrons. The van der Waals surface area contributed by atoms with Crippen molar-refractivity contribution in [2.24, 2.45) is 0 Å². The average Bonchev–Trinajstić information content (AvgIpc) is 2.76. The van der Waals surface area contributed by atoms with Crippen molar-refractivity contribution in [2.75, 3.05) is 6.61 Å². The largest absolute Gasteiger partial charge is 0.462 e. The Labute approximate surface area is 116 Å². The lowest BCUT2D eigenvalue weighted by atomic mass is 10.0. The number of H-pyrrole nitrogens is 1. The molecule has 1 aromatic carbocycles. The minimum atomic E-state index is -0.304. The van der Waals surface area contributed by atoms with Gasteiger partial charge in [0.2, 0.25) is 0 Å². The molecule has 0 aliphatic carbocycles. The van der Waals surface area contributed by atoms with Crippen LogP contribution in [0.1, 0.15) is 28.5 Å². The molecule has 1 N–H and O–H groups in total. The molecule has 2 heterocycles. The highest BCUT2D eigenvalue weighted by Crippen LogP contribution is 2.30. The molecule has 0 atom stereocenters. The molecule has 20 heavy (non-hydrogen) atoms. The number of hydrogen-bond donors (Lipinski definition) is 1. The summed E-state index contributed by atoms with van der Waals surface area (Å²) in [7, 11) is 0. The van der Waals surface area contributed by atoms with Crippen LogP contribution in [-0.4, -0.2) is 22.5 Å². The number of ether oxygens (including phenoxy) is 1. The number of nitrogens with zero attached hydrogens (tertiary/aromatic N) is 1. The molecule has 0 amide bonds. The molecule has 0 bridgehead atoms. The Morgan fingerprint density at radius 3 is 2.80 bits per heavy atom. The van der Waals surface area contributed by atoms with E-state index in [1.165, 1.54) is 0 Å². The number of nitrogens with one attached hydrogen (secondary N) is 1. The van der Waals surface area contributed by atoms with Crippen LogP contribution >= 0.6 is 0 Å². The van der Waals surface area contributed by atoms with E-state index in [1.54, 1.807) is 6.92 Å². The summed E-state index contributed by atoms with van der Waals surface area (Å²) in [4.78, 5) is 19.9. The maximum Gasteiger partial charge on any atom is 0.340 e. The van der Waals surface area contributed by atoms with Crippen molar-refractivity contribution < 1.29 is 9.53 Å². The first-order chi connectivity index (χ1) is 9.63. The van der Waals surface area contributed by atoms with Gasteiger partial charge in [0.05, 0.1) is 17.9 Å². The van der Waals surface area contributed by atoms with Crippen molar-refractivity contribution in [3.8, 4) is 0 Å². The second kappa shape index (κ2) is 4.63. The lowest BCUT2D eigenvalue weighted by Crippen LogP contribution is -2.10. The Bertz CT molecular complexity index is 818. The monoisotopic (exact) mass is 268 g/mol. The van der Waals surface area contributed by atoms with Gasteiger partial charge < -0.3 is 9.72 Å². The minimum absolute atomic E-state index is 0.304. The molecule has 0 aliphatic heterocycles. The van der Waals surface area contributed by atoms with Crippen molar-refractivity contribution in [2.45, 2.75) is 20.8 Å². The molecule has 0 aliphatic rings. The smallest absolute Gasteiger partial charge is 0.340 e. The van der Waals surface area contributed by atoms with E-state index in [0.29, 0.717) is 17.9 Å². The topological polar surface area (TPSA) is 55.0 Å². The van der Waals surface area contributed by atoms with Gasteiger partial charge in [-0.1, -0.05) is 18.2 Å². The number of carbonyl (C=O) groups is 1. The molecule has 0 saturated heterocycles. The molecular weight excluding hydrogens is 252 g/mol. The van der Waals surface area contributed by atoms with Gasteiger partial charge in [-0.2, -0.15) is 0 Å². The van der Waals surface area contributed by atoms with E-state index in [9.17, 15) is 4.79 Å². The maximum absolute atomic E-state index is 12.1. The third-order valence-electron chi connectivity index (χ3n) is 3.56. The van der Waals surface area contributed by atoms with Crippen molar-refractivity contribution in [3.63, 3.8) is 0 Å². The quantitative estimate of drug-likeness (QED) is 0.723. The number of para-hydroxylation sites is 1. The number of carbonyl (C=O) groups excluding carboxylic acids is 1. The van der Waals surface area contributed by atoms with Gasteiger partial charge in [-0.3, -0.25) is 0 Å². The third kappa shape index (κ3) is 1.76. The fraction of sp³-hybridized carbons (Fsp3) is 0.250. The molecule has 4 heteroatoms. The Kier molecular flexibility index (Phi) is 2.93. The molecule has 3 aromatic rings. The Morgan fingerprint density at radius 1 is 1.30 bits per heavy atom. The number of pyridine rings is 1. The molecular formula is C16H16N2O2. The molecule has 3 rings (SSSR count). The van der Waals surface area contributed by atoms with Gasteiger partial charge in [0, 0.05) is 16.3 Å². The van der Waals surface area contributed by atoms with Crippen LogP contribution in [0.4, 0.5) is 0 Å². The molecule has 4 nitrogen and oxygen atoms in total. The second-order valence-corrected chi connectivity index (χ2v) is 4.81. The summed E-state index contributed by atoms with van der Waals surface area (Å²) in [5, 5.41) is 2.08. The highest BCUT2D eigenvalue weighted by molar-refractivity contribution is 6.10. The van der Waals surface area contributed by atoms with Gasteiger partial charge in [-0.15, -0.1) is 0 Å². The van der Waals surface area contributed by atoms with Crippen molar-refractivity contribution in [1.82, 2.24) is 9.97 Å². The number of aromatic nitrogens is 2. The number of aryl methyl sites for hydroxylation is 2. The standard InChI is InChI=1S/C16H16N2O2/c1-4-20-16(19)13-9(2)14-11-7-5-6-8-12(11)18-15(14)17-10(13)3/h5-8H,4H2,1-3H3,(H,17,18). The second-order valence-electron chi connectivity index (χ2n) is 4.81. The predicted octanol–water partition coefficient (Wildman–Crippen LogP) is 3.51. The zero-order valence-electron chi connectivity index (χ0n) is 11.8. The van der Waals surface area contributed by atoms with E-state index in [1.807, 2.05) is 38.1 Å². The number of benzene rings is 1. The fourth-order valence-electron chi connectivity index (χ4n) is 2.72. The van der Waals surface area contributed by atoms with Crippen LogP contribution in [0.25, 0.3) is 21.9 Å². The third-order valence-corrected chi connectivity index (χ3v) is 3.56. The highest BCUT2D eigenvalue weighted by Gasteiger charge is 2.19. The first-order valence-corrected chi connectivity index (χ1v) is 6.68. The number of hydrogen-bond acceptors (Lipinski definition) is 3. The van der Waals surface area contributed by atoms with Crippen LogP contribution in [0.5, 0.6) is 0 Å². The zero-order chi connectivity index (χ0) is 14.3. The van der Waals surface area contributed by atoms with Crippen LogP contribution in [0, 0.1) is 13.8 Å². The molecule has 0 saturated carbocycles. The Morgan fingerprint density at radius 2 is 2.05 bits per heavy atom. The van der Waals surface area contributed by atoms with Gasteiger partial charge in [0.1, 0.15) is 5.65 Å². The van der Waals surface area contributed by atoms with E-state index < -0.39 is 0 Å². The van der Waals surface area contributed by atoms with E-state index in [2.05, 4.69) is 9.97 Å². The SMILES string of the molecule is CCOC(=O)c1c(C)nc2[nH]c3ccccc3c2c1C. The number of rotatable bonds is 2. The number of fused-ring (bicyclic) bond motifs is 3. The molecule has 2 aromatic heterocycles. The van der Waals surface area contributed by atoms with E-state index >= 15 is 0 Å². The maximum atomic E-state index is 12.1. The van der Waals surface area contributed by atoms with Gasteiger partial charge in [0.15, 0.2) is 0 Å². The van der Waals surface area contributed by atoms with Gasteiger partial charge in [0.25, 0.3) is 0 Å². The summed E-state index contributed by atoms with van der Waals surface area (Å²) < 4.78 is 5.14. The Hall–Kier alpha value is -2.36. The van der Waals surface area contributed by atoms with Crippen LogP contribution in [-0.2, 0) is 4.74 Å². The van der Waals surface area contributed by atoms with Crippen molar-refractivity contribution in [3.05, 3.63) is 41.1 Å². The molecule has 0 spiro atoms. The summed E-state index contributed by atoms with van der Waals surface area (Å²) in [5.41, 5.74) is 4.03. The lowest BCUT2D eigenvalue weighted by Gasteiger charge is -2.09. The minimum Gasteiger partial charge on any atom is -0.462 e. The normalized spacial score (nSPS) is 11.2. The van der Waals surface area contributed by atoms with Crippen molar-refractivity contribution >= 4 is 27.9 Å². The van der Waals surface area contributed by atoms with E-state index in [0.717, 1.165) is 27.5 Å². The van der Waals surface area contributed by atoms with Crippen LogP contribution in [0.3, 0.4) is 0 Å². The lowest BCUT2D eigenvalue weighted by molar-refractivity contribution is 0.0524. The summed E-state index contributed by atoms with van der Waals surface area (Å²) in [5.74, 6) is -0.304. The fourth-order valence-corrected chi connectivity index (χ4v) is 2.72. The first-order valence-electron chi connectivity index (χ1n) is 6.68. The van der Waals surface area contributed by atoms with Crippen LogP contribution in [0.15, 0.2) is 24.3 Å². The predicted molar refractivity (Wildman–Crippen MR) is 79.0 cm³/mol. The van der Waals surface area contributed by atoms with Gasteiger partial charge >= 0.3 is 5.97 Å². The molecule has 102 valence electrons. The first kappa shape index (κ1) is 12.7. The molecule has 0 fully saturated rings. The summed E-state index contributed by atoms with van der Waals surface area (Å²) >= 11 is 0. The van der Waals surface area contributed by atoms with E-state index in [4.69, 9.17) is 4.74 Å². The molecule has 0 unspecified atom stereocenters. The number of aromatic amines is 1. The van der Waals surface area contributed by atoms with Crippen molar-refractivity contribution in [1.29, 1.82) is 0 Å². The summed E-state index contributed by atoms with van der Waals surface area (Å²) in [6, 6.07) is 8.01. The zero-order valence-corrected chi connectivity index (χ0v) is 11.8. The van der Waals surface area contributed by atoms with E-state index in [-0.39, 0.29) is 5.97 Å². The number of esters is 1. The van der Waals surface area contributed by atoms with Gasteiger partial charge in [-0.05, 0) is 32.4 Å². The Balaban J connectivity index is 2.38. The van der Waals surface area contributed by atoms with Crippen LogP contribution in [0.2, 0.25) is 0 Å². The highest BCUT2D eigenvalue weighted by atomic mass is 16.5. The summed E-state index contributed by atoms with van der Waals surface area (Å²) in [6.07, 6.45) is 0. The van der Waals surface area contributed by atoms with Crippen LogP contribution < -0.4 is 0 Å². The summed E-state index contributed by atoms with van der Waals surface area (Å²) in [6.45, 7) is 5.96. The van der Waals surface area contributed by atoms with Gasteiger partial charge in [-0.25, -0.2) is 9.78 Å². The average molecular weight is 268 g/mol.